The highest BCUT2D eigenvalue weighted by Gasteiger charge is 2.22. The first kappa shape index (κ1) is 13.8. The summed E-state index contributed by atoms with van der Waals surface area (Å²) < 4.78 is 11.0. The van der Waals surface area contributed by atoms with E-state index in [9.17, 15) is 4.79 Å². The number of hydrogen-bond donors (Lipinski definition) is 1. The predicted octanol–water partition coefficient (Wildman–Crippen LogP) is 1.24. The molecule has 2 N–H and O–H groups in total. The van der Waals surface area contributed by atoms with Crippen molar-refractivity contribution < 1.29 is 14.3 Å². The van der Waals surface area contributed by atoms with Gasteiger partial charge in [-0.3, -0.25) is 4.90 Å². The Kier molecular flexibility index (Phi) is 4.76. The molecule has 1 aliphatic rings. The third kappa shape index (κ3) is 3.45. The maximum Gasteiger partial charge on any atom is 0.142 e. The fourth-order valence-electron chi connectivity index (χ4n) is 2.27. The Bertz CT molecular complexity index is 437. The first-order valence-electron chi connectivity index (χ1n) is 6.45. The van der Waals surface area contributed by atoms with Crippen LogP contribution in [0.5, 0.6) is 5.75 Å². The van der Waals surface area contributed by atoms with Crippen molar-refractivity contribution in [2.75, 3.05) is 39.1 Å². The third-order valence-corrected chi connectivity index (χ3v) is 3.34. The monoisotopic (exact) mass is 264 g/mol. The van der Waals surface area contributed by atoms with Crippen molar-refractivity contribution in [1.82, 2.24) is 4.90 Å². The Morgan fingerprint density at radius 2 is 2.42 bits per heavy atom. The summed E-state index contributed by atoms with van der Waals surface area (Å²) in [7, 11) is 1.60. The number of ether oxygens (including phenoxy) is 2. The van der Waals surface area contributed by atoms with E-state index in [2.05, 4.69) is 4.90 Å². The molecule has 0 aromatic heterocycles. The number of morpholine rings is 1. The van der Waals surface area contributed by atoms with Gasteiger partial charge in [-0.25, -0.2) is 0 Å². The second-order valence-electron chi connectivity index (χ2n) is 4.62. The van der Waals surface area contributed by atoms with Gasteiger partial charge >= 0.3 is 0 Å². The van der Waals surface area contributed by atoms with E-state index in [4.69, 9.17) is 15.2 Å². The van der Waals surface area contributed by atoms with Gasteiger partial charge in [0.25, 0.3) is 0 Å². The molecule has 0 radical (unpaired) electrons. The topological polar surface area (TPSA) is 64.8 Å². The number of hydrogen-bond acceptors (Lipinski definition) is 5. The van der Waals surface area contributed by atoms with Gasteiger partial charge in [-0.1, -0.05) is 6.07 Å². The van der Waals surface area contributed by atoms with Crippen LogP contribution in [-0.4, -0.2) is 44.5 Å². The highest BCUT2D eigenvalue weighted by molar-refractivity contribution is 5.54. The average Bonchev–Trinajstić information content (AvgIpc) is 2.46. The summed E-state index contributed by atoms with van der Waals surface area (Å²) >= 11 is 0. The Hall–Kier alpha value is -1.59. The maximum atomic E-state index is 10.4. The highest BCUT2D eigenvalue weighted by atomic mass is 16.5. The van der Waals surface area contributed by atoms with Crippen molar-refractivity contribution in [3.63, 3.8) is 0 Å². The van der Waals surface area contributed by atoms with Crippen LogP contribution in [0.4, 0.5) is 5.69 Å². The normalized spacial score (nSPS) is 20.2. The van der Waals surface area contributed by atoms with Crippen molar-refractivity contribution in [3.8, 4) is 5.75 Å². The van der Waals surface area contributed by atoms with Gasteiger partial charge in [0.05, 0.1) is 25.5 Å². The molecule has 1 aliphatic heterocycles. The minimum atomic E-state index is 0.00917. The van der Waals surface area contributed by atoms with E-state index >= 15 is 0 Å². The molecule has 0 bridgehead atoms. The van der Waals surface area contributed by atoms with E-state index in [1.165, 1.54) is 0 Å². The number of rotatable bonds is 5. The van der Waals surface area contributed by atoms with Crippen molar-refractivity contribution >= 4 is 12.0 Å². The molecule has 0 aliphatic carbocycles. The number of carbonyl (C=O) groups is 1. The van der Waals surface area contributed by atoms with Gasteiger partial charge in [-0.15, -0.1) is 0 Å². The van der Waals surface area contributed by atoms with Crippen LogP contribution in [0.25, 0.3) is 0 Å². The molecule has 19 heavy (non-hydrogen) atoms. The zero-order valence-electron chi connectivity index (χ0n) is 11.2. The molecular weight excluding hydrogens is 244 g/mol. The summed E-state index contributed by atoms with van der Waals surface area (Å²) in [6, 6.07) is 5.72. The number of nitrogens with zero attached hydrogens (tertiary/aromatic N) is 1. The summed E-state index contributed by atoms with van der Waals surface area (Å²) in [5.74, 6) is 0.672. The van der Waals surface area contributed by atoms with Crippen molar-refractivity contribution in [2.45, 2.75) is 12.5 Å². The Balaban J connectivity index is 2.06. The summed E-state index contributed by atoms with van der Waals surface area (Å²) in [6.07, 6.45) is 1.53. The Morgan fingerprint density at radius 3 is 3.16 bits per heavy atom. The van der Waals surface area contributed by atoms with Crippen LogP contribution in [0, 0.1) is 0 Å². The van der Waals surface area contributed by atoms with E-state index in [1.807, 2.05) is 18.2 Å². The fraction of sp³-hybridized carbons (Fsp3) is 0.500. The number of benzene rings is 1. The minimum absolute atomic E-state index is 0.00917. The molecule has 1 fully saturated rings. The largest absolute Gasteiger partial charge is 0.495 e. The second-order valence-corrected chi connectivity index (χ2v) is 4.62. The first-order chi connectivity index (χ1) is 9.24. The van der Waals surface area contributed by atoms with Gasteiger partial charge < -0.3 is 20.0 Å². The molecule has 2 rings (SSSR count). The van der Waals surface area contributed by atoms with E-state index in [0.29, 0.717) is 24.5 Å². The van der Waals surface area contributed by atoms with Gasteiger partial charge in [0.1, 0.15) is 12.0 Å². The fourth-order valence-corrected chi connectivity index (χ4v) is 2.27. The molecule has 0 amide bonds. The van der Waals surface area contributed by atoms with E-state index in [0.717, 1.165) is 31.5 Å². The van der Waals surface area contributed by atoms with Crippen LogP contribution in [0.1, 0.15) is 18.1 Å². The molecule has 1 aromatic carbocycles. The number of carbonyl (C=O) groups excluding carboxylic acids is 1. The zero-order chi connectivity index (χ0) is 13.7. The van der Waals surface area contributed by atoms with Crippen molar-refractivity contribution in [2.24, 2.45) is 0 Å². The van der Waals surface area contributed by atoms with Crippen LogP contribution >= 0.6 is 0 Å². The number of nitrogen functional groups attached to an aromatic ring is 1. The lowest BCUT2D eigenvalue weighted by Gasteiger charge is -2.32. The number of methoxy groups -OCH3 is 1. The number of nitrogens with two attached hydrogens (primary N) is 1. The van der Waals surface area contributed by atoms with Gasteiger partial charge in [-0.05, 0) is 17.7 Å². The number of aldehydes is 1. The minimum Gasteiger partial charge on any atom is -0.495 e. The molecule has 0 spiro atoms. The quantitative estimate of drug-likeness (QED) is 0.640. The Labute approximate surface area is 113 Å². The third-order valence-electron chi connectivity index (χ3n) is 3.34. The van der Waals surface area contributed by atoms with E-state index in [-0.39, 0.29) is 6.10 Å². The predicted molar refractivity (Wildman–Crippen MR) is 73.2 cm³/mol. The molecule has 1 unspecified atom stereocenters. The lowest BCUT2D eigenvalue weighted by molar-refractivity contribution is -0.108. The molecule has 0 saturated carbocycles. The van der Waals surface area contributed by atoms with Crippen LogP contribution < -0.4 is 10.5 Å². The molecule has 1 atom stereocenters. The summed E-state index contributed by atoms with van der Waals surface area (Å²) in [4.78, 5) is 12.7. The van der Waals surface area contributed by atoms with Gasteiger partial charge in [0.15, 0.2) is 0 Å². The summed E-state index contributed by atoms with van der Waals surface area (Å²) in [5, 5.41) is 0. The molecule has 104 valence electrons. The van der Waals surface area contributed by atoms with Crippen molar-refractivity contribution in [3.05, 3.63) is 23.8 Å². The van der Waals surface area contributed by atoms with Gasteiger partial charge in [-0.2, -0.15) is 0 Å². The molecule has 5 nitrogen and oxygen atoms in total. The summed E-state index contributed by atoms with van der Waals surface area (Å²) in [6.45, 7) is 3.13. The smallest absolute Gasteiger partial charge is 0.142 e. The van der Waals surface area contributed by atoms with Crippen molar-refractivity contribution in [1.29, 1.82) is 0 Å². The van der Waals surface area contributed by atoms with Crippen LogP contribution in [0.15, 0.2) is 18.2 Å². The zero-order valence-corrected chi connectivity index (χ0v) is 11.2. The first-order valence-corrected chi connectivity index (χ1v) is 6.45. The standard InChI is InChI=1S/C14H20N2O3/c1-18-13-9-11(3-4-12(13)15)14-10-16(5-2-7-17)6-8-19-14/h3-4,7,9,14H,2,5-6,8,10,15H2,1H3. The lowest BCUT2D eigenvalue weighted by Crippen LogP contribution is -2.38. The summed E-state index contributed by atoms with van der Waals surface area (Å²) in [5.41, 5.74) is 7.49. The second kappa shape index (κ2) is 6.54. The average molecular weight is 264 g/mol. The molecule has 1 saturated heterocycles. The van der Waals surface area contributed by atoms with Crippen LogP contribution in [-0.2, 0) is 9.53 Å². The number of anilines is 1. The molecular formula is C14H20N2O3. The highest BCUT2D eigenvalue weighted by Crippen LogP contribution is 2.29. The van der Waals surface area contributed by atoms with Crippen LogP contribution in [0.3, 0.4) is 0 Å². The molecule has 5 heteroatoms. The lowest BCUT2D eigenvalue weighted by atomic mass is 10.1. The van der Waals surface area contributed by atoms with Crippen LogP contribution in [0.2, 0.25) is 0 Å². The SMILES string of the molecule is COc1cc(C2CN(CCC=O)CCO2)ccc1N. The Morgan fingerprint density at radius 1 is 1.58 bits per heavy atom. The molecule has 1 aromatic rings. The van der Waals surface area contributed by atoms with E-state index in [1.54, 1.807) is 7.11 Å². The van der Waals surface area contributed by atoms with Gasteiger partial charge in [0, 0.05) is 26.1 Å². The van der Waals surface area contributed by atoms with Gasteiger partial charge in [0.2, 0.25) is 0 Å². The maximum absolute atomic E-state index is 10.4. The van der Waals surface area contributed by atoms with E-state index < -0.39 is 0 Å². The molecule has 1 heterocycles.